The first-order valence-electron chi connectivity index (χ1n) is 10.8. The first-order chi connectivity index (χ1) is 15.8. The molecular weight excluding hydrogens is 458 g/mol. The van der Waals surface area contributed by atoms with Gasteiger partial charge in [-0.3, -0.25) is 14.2 Å². The minimum absolute atomic E-state index is 0.108. The molecule has 7 nitrogen and oxygen atoms in total. The highest BCUT2D eigenvalue weighted by molar-refractivity contribution is 7.99. The lowest BCUT2D eigenvalue weighted by Crippen LogP contribution is -2.29. The molecule has 1 aliphatic heterocycles. The molecule has 1 aliphatic rings. The first-order valence-corrected chi connectivity index (χ1v) is 12.2. The van der Waals surface area contributed by atoms with Gasteiger partial charge >= 0.3 is 0 Å². The third-order valence-electron chi connectivity index (χ3n) is 5.61. The van der Waals surface area contributed by atoms with Crippen LogP contribution < -0.4 is 5.32 Å². The topological polar surface area (TPSA) is 80.1 Å². The Balaban J connectivity index is 1.49. The number of aryl methyl sites for hydroxylation is 3. The number of likely N-dealkylation sites (tertiary alicyclic amines) is 1. The lowest BCUT2D eigenvalue weighted by atomic mass is 10.1. The van der Waals surface area contributed by atoms with Crippen molar-refractivity contribution < 1.29 is 9.59 Å². The van der Waals surface area contributed by atoms with E-state index in [-0.39, 0.29) is 17.6 Å². The Bertz CT molecular complexity index is 1200. The molecule has 3 aromatic rings. The van der Waals surface area contributed by atoms with Crippen LogP contribution in [0.2, 0.25) is 5.02 Å². The zero-order chi connectivity index (χ0) is 23.5. The van der Waals surface area contributed by atoms with Crippen LogP contribution in [0.1, 0.15) is 40.2 Å². The average Bonchev–Trinajstić information content (AvgIpc) is 3.45. The normalized spacial score (nSPS) is 13.4. The van der Waals surface area contributed by atoms with E-state index >= 15 is 0 Å². The van der Waals surface area contributed by atoms with E-state index in [1.807, 2.05) is 25.3 Å². The van der Waals surface area contributed by atoms with Crippen LogP contribution >= 0.6 is 23.4 Å². The van der Waals surface area contributed by atoms with Crippen molar-refractivity contribution in [1.29, 1.82) is 0 Å². The number of carbonyl (C=O) groups is 2. The number of nitrogens with zero attached hydrogens (tertiary/aromatic N) is 4. The zero-order valence-electron chi connectivity index (χ0n) is 18.9. The molecular formula is C24H26ClN5O2S. The van der Waals surface area contributed by atoms with Gasteiger partial charge in [0.25, 0.3) is 5.91 Å². The van der Waals surface area contributed by atoms with Crippen LogP contribution in [0.4, 0.5) is 5.69 Å². The van der Waals surface area contributed by atoms with E-state index in [1.54, 1.807) is 23.1 Å². The zero-order valence-corrected chi connectivity index (χ0v) is 20.5. The number of aromatic nitrogens is 3. The number of anilines is 1. The van der Waals surface area contributed by atoms with Crippen molar-refractivity contribution in [3.8, 4) is 5.69 Å². The summed E-state index contributed by atoms with van der Waals surface area (Å²) in [7, 11) is 0. The van der Waals surface area contributed by atoms with Crippen molar-refractivity contribution in [3.05, 3.63) is 63.9 Å². The molecule has 0 bridgehead atoms. The molecule has 2 amide bonds. The molecule has 2 aromatic carbocycles. The van der Waals surface area contributed by atoms with Crippen molar-refractivity contribution in [2.45, 2.75) is 38.8 Å². The van der Waals surface area contributed by atoms with Crippen LogP contribution in [-0.4, -0.2) is 50.3 Å². The number of nitrogens with one attached hydrogen (secondary N) is 1. The molecule has 0 radical (unpaired) electrons. The molecule has 1 N–H and O–H groups in total. The molecule has 1 aromatic heterocycles. The van der Waals surface area contributed by atoms with Gasteiger partial charge < -0.3 is 10.2 Å². The van der Waals surface area contributed by atoms with E-state index < -0.39 is 0 Å². The quantitative estimate of drug-likeness (QED) is 0.509. The monoisotopic (exact) mass is 483 g/mol. The average molecular weight is 484 g/mol. The van der Waals surface area contributed by atoms with Gasteiger partial charge in [-0.05, 0) is 69.0 Å². The Morgan fingerprint density at radius 1 is 1.06 bits per heavy atom. The van der Waals surface area contributed by atoms with Gasteiger partial charge in [-0.25, -0.2) is 0 Å². The van der Waals surface area contributed by atoms with Crippen molar-refractivity contribution in [2.24, 2.45) is 0 Å². The molecule has 0 atom stereocenters. The predicted octanol–water partition coefficient (Wildman–Crippen LogP) is 4.81. The molecule has 1 saturated heterocycles. The molecule has 0 aliphatic carbocycles. The summed E-state index contributed by atoms with van der Waals surface area (Å²) in [6, 6.07) is 11.2. The molecule has 9 heteroatoms. The second-order valence-electron chi connectivity index (χ2n) is 8.18. The fraction of sp³-hybridized carbons (Fsp3) is 0.333. The fourth-order valence-corrected chi connectivity index (χ4v) is 4.85. The smallest absolute Gasteiger partial charge is 0.256 e. The third-order valence-corrected chi connectivity index (χ3v) is 6.78. The molecule has 4 rings (SSSR count). The maximum Gasteiger partial charge on any atom is 0.256 e. The summed E-state index contributed by atoms with van der Waals surface area (Å²) in [6.45, 7) is 7.41. The highest BCUT2D eigenvalue weighted by Gasteiger charge is 2.23. The highest BCUT2D eigenvalue weighted by atomic mass is 35.5. The number of benzene rings is 2. The van der Waals surface area contributed by atoms with Crippen LogP contribution in [-0.2, 0) is 4.79 Å². The number of halogens is 1. The Morgan fingerprint density at radius 2 is 1.82 bits per heavy atom. The number of hydrogen-bond donors (Lipinski definition) is 1. The molecule has 0 saturated carbocycles. The van der Waals surface area contributed by atoms with E-state index in [4.69, 9.17) is 11.6 Å². The van der Waals surface area contributed by atoms with Gasteiger partial charge in [0, 0.05) is 18.1 Å². The Labute approximate surface area is 202 Å². The first kappa shape index (κ1) is 23.3. The maximum atomic E-state index is 12.9. The third kappa shape index (κ3) is 5.23. The van der Waals surface area contributed by atoms with Gasteiger partial charge in [0.1, 0.15) is 5.82 Å². The second-order valence-corrected chi connectivity index (χ2v) is 9.56. The van der Waals surface area contributed by atoms with Gasteiger partial charge in [0.15, 0.2) is 5.16 Å². The largest absolute Gasteiger partial charge is 0.339 e. The van der Waals surface area contributed by atoms with E-state index in [0.29, 0.717) is 21.4 Å². The number of rotatable bonds is 6. The SMILES string of the molecule is Cc1ccc(C)c(-n2c(C)nnc2SCC(=O)Nc2ccc(Cl)cc2C(=O)N2CCCC2)c1. The van der Waals surface area contributed by atoms with Crippen LogP contribution in [0.25, 0.3) is 5.69 Å². The minimum atomic E-state index is -0.231. The lowest BCUT2D eigenvalue weighted by molar-refractivity contribution is -0.113. The minimum Gasteiger partial charge on any atom is -0.339 e. The van der Waals surface area contributed by atoms with E-state index in [2.05, 4.69) is 33.7 Å². The fourth-order valence-electron chi connectivity index (χ4n) is 3.88. The van der Waals surface area contributed by atoms with Crippen molar-refractivity contribution >= 4 is 40.9 Å². The molecule has 2 heterocycles. The van der Waals surface area contributed by atoms with Crippen LogP contribution in [0.3, 0.4) is 0 Å². The van der Waals surface area contributed by atoms with E-state index in [9.17, 15) is 9.59 Å². The number of carbonyl (C=O) groups excluding carboxylic acids is 2. The van der Waals surface area contributed by atoms with Crippen LogP contribution in [0.5, 0.6) is 0 Å². The molecule has 172 valence electrons. The Morgan fingerprint density at radius 3 is 2.58 bits per heavy atom. The standard InChI is InChI=1S/C24H26ClN5O2S/c1-15-6-7-16(2)21(12-15)30-17(3)27-28-24(30)33-14-22(31)26-20-9-8-18(25)13-19(20)23(32)29-10-4-5-11-29/h6-9,12-13H,4-5,10-11,14H2,1-3H3,(H,26,31). The Kier molecular flexibility index (Phi) is 7.05. The summed E-state index contributed by atoms with van der Waals surface area (Å²) in [6.07, 6.45) is 1.98. The Hall–Kier alpha value is -2.84. The molecule has 33 heavy (non-hydrogen) atoms. The summed E-state index contributed by atoms with van der Waals surface area (Å²) in [5.74, 6) is 0.542. The number of amides is 2. The molecule has 0 spiro atoms. The van der Waals surface area contributed by atoms with Gasteiger partial charge in [0.05, 0.1) is 22.7 Å². The summed E-state index contributed by atoms with van der Waals surface area (Å²) >= 11 is 7.44. The summed E-state index contributed by atoms with van der Waals surface area (Å²) < 4.78 is 1.96. The van der Waals surface area contributed by atoms with Crippen molar-refractivity contribution in [2.75, 3.05) is 24.2 Å². The van der Waals surface area contributed by atoms with Gasteiger partial charge in [-0.2, -0.15) is 0 Å². The van der Waals surface area contributed by atoms with Crippen molar-refractivity contribution in [1.82, 2.24) is 19.7 Å². The maximum absolute atomic E-state index is 12.9. The van der Waals surface area contributed by atoms with Crippen LogP contribution in [0.15, 0.2) is 41.6 Å². The lowest BCUT2D eigenvalue weighted by Gasteiger charge is -2.18. The summed E-state index contributed by atoms with van der Waals surface area (Å²) in [5, 5.41) is 12.5. The van der Waals surface area contributed by atoms with Gasteiger partial charge in [-0.1, -0.05) is 35.5 Å². The van der Waals surface area contributed by atoms with E-state index in [1.165, 1.54) is 11.8 Å². The summed E-state index contributed by atoms with van der Waals surface area (Å²) in [4.78, 5) is 27.5. The summed E-state index contributed by atoms with van der Waals surface area (Å²) in [5.41, 5.74) is 4.11. The van der Waals surface area contributed by atoms with Crippen LogP contribution in [0, 0.1) is 20.8 Å². The number of thioether (sulfide) groups is 1. The number of hydrogen-bond acceptors (Lipinski definition) is 5. The van der Waals surface area contributed by atoms with E-state index in [0.717, 1.165) is 48.6 Å². The van der Waals surface area contributed by atoms with Gasteiger partial charge in [-0.15, -0.1) is 10.2 Å². The molecule has 1 fully saturated rings. The predicted molar refractivity (Wildman–Crippen MR) is 132 cm³/mol. The van der Waals surface area contributed by atoms with Gasteiger partial charge in [0.2, 0.25) is 5.91 Å². The highest BCUT2D eigenvalue weighted by Crippen LogP contribution is 2.27. The van der Waals surface area contributed by atoms with Crippen molar-refractivity contribution in [3.63, 3.8) is 0 Å². The molecule has 0 unspecified atom stereocenters. The second kappa shape index (κ2) is 9.97.